The number of rotatable bonds is 5. The summed E-state index contributed by atoms with van der Waals surface area (Å²) in [6.45, 7) is 0. The minimum Gasteiger partial charge on any atom is -0.497 e. The molecule has 160 valence electrons. The Morgan fingerprint density at radius 2 is 1.78 bits per heavy atom. The third-order valence-electron chi connectivity index (χ3n) is 5.50. The van der Waals surface area contributed by atoms with Crippen molar-refractivity contribution in [2.45, 2.75) is 12.1 Å². The molecule has 2 unspecified atom stereocenters. The number of benzene rings is 2. The van der Waals surface area contributed by atoms with Crippen LogP contribution in [-0.4, -0.2) is 17.2 Å². The molecule has 0 amide bonds. The SMILES string of the molecule is COc1ccc(N2C(=S)NC(c3ccccn3)C2c2ccc(-c3ccc(Br)cc3)o2)cc1. The van der Waals surface area contributed by atoms with Gasteiger partial charge in [-0.05, 0) is 72.9 Å². The lowest BCUT2D eigenvalue weighted by Crippen LogP contribution is -2.29. The molecule has 0 bridgehead atoms. The average Bonchev–Trinajstić information content (AvgIpc) is 3.45. The van der Waals surface area contributed by atoms with Crippen LogP contribution in [0.25, 0.3) is 11.3 Å². The fourth-order valence-corrected chi connectivity index (χ4v) is 4.56. The zero-order chi connectivity index (χ0) is 22.1. The first-order valence-corrected chi connectivity index (χ1v) is 11.3. The Morgan fingerprint density at radius 3 is 2.47 bits per heavy atom. The smallest absolute Gasteiger partial charge is 0.174 e. The summed E-state index contributed by atoms with van der Waals surface area (Å²) in [5, 5.41) is 4.07. The van der Waals surface area contributed by atoms with Crippen LogP contribution in [0.2, 0.25) is 0 Å². The minimum atomic E-state index is -0.199. The zero-order valence-corrected chi connectivity index (χ0v) is 19.6. The van der Waals surface area contributed by atoms with Gasteiger partial charge in [0.2, 0.25) is 0 Å². The van der Waals surface area contributed by atoms with E-state index in [0.29, 0.717) is 5.11 Å². The Labute approximate surface area is 200 Å². The number of furan rings is 1. The number of aromatic nitrogens is 1. The van der Waals surface area contributed by atoms with E-state index in [0.717, 1.165) is 38.7 Å². The van der Waals surface area contributed by atoms with Gasteiger partial charge >= 0.3 is 0 Å². The summed E-state index contributed by atoms with van der Waals surface area (Å²) in [7, 11) is 1.66. The lowest BCUT2D eigenvalue weighted by molar-refractivity contribution is 0.414. The van der Waals surface area contributed by atoms with Crippen molar-refractivity contribution in [1.29, 1.82) is 0 Å². The van der Waals surface area contributed by atoms with E-state index in [1.54, 1.807) is 13.3 Å². The number of methoxy groups -OCH3 is 1. The van der Waals surface area contributed by atoms with Crippen molar-refractivity contribution in [3.8, 4) is 17.1 Å². The summed E-state index contributed by atoms with van der Waals surface area (Å²) in [5.41, 5.74) is 2.86. The van der Waals surface area contributed by atoms with Crippen molar-refractivity contribution in [2.24, 2.45) is 0 Å². The third-order valence-corrected chi connectivity index (χ3v) is 6.34. The standard InChI is InChI=1S/C25H20BrN3O2S/c1-30-19-11-9-18(10-12-19)29-24(23(28-25(29)32)20-4-2-3-15-27-20)22-14-13-21(31-22)16-5-7-17(26)8-6-16/h2-15,23-24H,1H3,(H,28,32). The predicted octanol–water partition coefficient (Wildman–Crippen LogP) is 6.29. The second-order valence-corrected chi connectivity index (χ2v) is 8.71. The minimum absolute atomic E-state index is 0.158. The Kier molecular flexibility index (Phi) is 5.68. The van der Waals surface area contributed by atoms with Gasteiger partial charge in [-0.2, -0.15) is 0 Å². The molecule has 4 aromatic rings. The normalized spacial score (nSPS) is 17.9. The van der Waals surface area contributed by atoms with Gasteiger partial charge in [-0.1, -0.05) is 34.1 Å². The van der Waals surface area contributed by atoms with Crippen LogP contribution < -0.4 is 15.0 Å². The van der Waals surface area contributed by atoms with Crippen molar-refractivity contribution in [1.82, 2.24) is 10.3 Å². The molecule has 1 fully saturated rings. The molecule has 0 radical (unpaired) electrons. The van der Waals surface area contributed by atoms with Crippen molar-refractivity contribution in [3.63, 3.8) is 0 Å². The summed E-state index contributed by atoms with van der Waals surface area (Å²) < 4.78 is 12.7. The number of halogens is 1. The maximum atomic E-state index is 6.38. The molecule has 7 heteroatoms. The molecule has 2 aromatic carbocycles. The Bertz CT molecular complexity index is 1230. The summed E-state index contributed by atoms with van der Waals surface area (Å²) >= 11 is 9.25. The number of ether oxygens (including phenoxy) is 1. The van der Waals surface area contributed by atoms with E-state index < -0.39 is 0 Å². The molecule has 32 heavy (non-hydrogen) atoms. The molecule has 0 aliphatic carbocycles. The molecule has 5 nitrogen and oxygen atoms in total. The van der Waals surface area contributed by atoms with Crippen LogP contribution in [0, 0.1) is 0 Å². The number of nitrogens with one attached hydrogen (secondary N) is 1. The lowest BCUT2D eigenvalue weighted by Gasteiger charge is -2.26. The summed E-state index contributed by atoms with van der Waals surface area (Å²) in [5.74, 6) is 2.40. The van der Waals surface area contributed by atoms with Crippen LogP contribution >= 0.6 is 28.1 Å². The molecular weight excluding hydrogens is 486 g/mol. The highest BCUT2D eigenvalue weighted by atomic mass is 79.9. The molecule has 0 saturated carbocycles. The average molecular weight is 506 g/mol. The summed E-state index contributed by atoms with van der Waals surface area (Å²) in [6, 6.07) is 25.5. The molecule has 3 heterocycles. The number of thiocarbonyl (C=S) groups is 1. The predicted molar refractivity (Wildman–Crippen MR) is 133 cm³/mol. The first-order chi connectivity index (χ1) is 15.6. The first-order valence-electron chi connectivity index (χ1n) is 10.1. The van der Waals surface area contributed by atoms with Crippen molar-refractivity contribution in [3.05, 3.63) is 101 Å². The van der Waals surface area contributed by atoms with Gasteiger partial charge in [-0.15, -0.1) is 0 Å². The first kappa shape index (κ1) is 20.7. The highest BCUT2D eigenvalue weighted by molar-refractivity contribution is 9.10. The molecule has 1 saturated heterocycles. The lowest BCUT2D eigenvalue weighted by atomic mass is 10.0. The van der Waals surface area contributed by atoms with Crippen molar-refractivity contribution >= 4 is 38.9 Å². The summed E-state index contributed by atoms with van der Waals surface area (Å²) in [4.78, 5) is 6.67. The van der Waals surface area contributed by atoms with Crippen molar-refractivity contribution in [2.75, 3.05) is 12.0 Å². The Balaban J connectivity index is 1.57. The maximum Gasteiger partial charge on any atom is 0.174 e. The van der Waals surface area contributed by atoms with E-state index >= 15 is 0 Å². The van der Waals surface area contributed by atoms with Gasteiger partial charge in [0, 0.05) is 21.9 Å². The van der Waals surface area contributed by atoms with E-state index in [-0.39, 0.29) is 12.1 Å². The maximum absolute atomic E-state index is 6.38. The largest absolute Gasteiger partial charge is 0.497 e. The van der Waals surface area contributed by atoms with Gasteiger partial charge < -0.3 is 19.4 Å². The van der Waals surface area contributed by atoms with E-state index in [1.165, 1.54) is 0 Å². The number of nitrogens with zero attached hydrogens (tertiary/aromatic N) is 2. The quantitative estimate of drug-likeness (QED) is 0.321. The zero-order valence-electron chi connectivity index (χ0n) is 17.2. The number of hydrogen-bond acceptors (Lipinski definition) is 4. The van der Waals surface area contributed by atoms with Crippen molar-refractivity contribution < 1.29 is 9.15 Å². The molecule has 1 aliphatic heterocycles. The third kappa shape index (κ3) is 3.89. The second kappa shape index (κ2) is 8.76. The Hall–Kier alpha value is -3.16. The second-order valence-electron chi connectivity index (χ2n) is 7.40. The van der Waals surface area contributed by atoms with Crippen LogP contribution in [0.4, 0.5) is 5.69 Å². The molecule has 1 aliphatic rings. The van der Waals surface area contributed by atoms with Crippen LogP contribution in [-0.2, 0) is 0 Å². The topological polar surface area (TPSA) is 50.5 Å². The number of pyridine rings is 1. The number of hydrogen-bond donors (Lipinski definition) is 1. The fourth-order valence-electron chi connectivity index (χ4n) is 3.95. The van der Waals surface area contributed by atoms with Crippen LogP contribution in [0.3, 0.4) is 0 Å². The molecule has 5 rings (SSSR count). The van der Waals surface area contributed by atoms with E-state index in [4.69, 9.17) is 21.4 Å². The molecule has 1 N–H and O–H groups in total. The summed E-state index contributed by atoms with van der Waals surface area (Å²) in [6.07, 6.45) is 1.79. The monoisotopic (exact) mass is 505 g/mol. The van der Waals surface area contributed by atoms with E-state index in [1.807, 2.05) is 78.9 Å². The molecule has 2 aromatic heterocycles. The number of anilines is 1. The fraction of sp³-hybridized carbons (Fsp3) is 0.120. The molecule has 2 atom stereocenters. The van der Waals surface area contributed by atoms with E-state index in [9.17, 15) is 0 Å². The van der Waals surface area contributed by atoms with Crippen LogP contribution in [0.15, 0.2) is 93.9 Å². The van der Waals surface area contributed by atoms with E-state index in [2.05, 4.69) is 31.1 Å². The van der Waals surface area contributed by atoms with Gasteiger partial charge in [0.15, 0.2) is 5.11 Å². The van der Waals surface area contributed by atoms with Gasteiger partial charge in [-0.25, -0.2) is 0 Å². The Morgan fingerprint density at radius 1 is 1.00 bits per heavy atom. The van der Waals surface area contributed by atoms with Crippen LogP contribution in [0.1, 0.15) is 23.5 Å². The highest BCUT2D eigenvalue weighted by Gasteiger charge is 2.42. The molecular formula is C25H20BrN3O2S. The highest BCUT2D eigenvalue weighted by Crippen LogP contribution is 2.43. The van der Waals surface area contributed by atoms with Gasteiger partial charge in [0.05, 0.1) is 18.8 Å². The van der Waals surface area contributed by atoms with Gasteiger partial charge in [0.1, 0.15) is 23.3 Å². The van der Waals surface area contributed by atoms with Crippen LogP contribution in [0.5, 0.6) is 5.75 Å². The molecule has 0 spiro atoms. The van der Waals surface area contributed by atoms with Gasteiger partial charge in [-0.3, -0.25) is 4.98 Å². The van der Waals surface area contributed by atoms with Gasteiger partial charge in [0.25, 0.3) is 0 Å².